The number of hydrogen-bond donors (Lipinski definition) is 1. The molecule has 0 heterocycles. The van der Waals surface area contributed by atoms with E-state index in [1.807, 2.05) is 7.05 Å². The van der Waals surface area contributed by atoms with Gasteiger partial charge in [0.15, 0.2) is 0 Å². The van der Waals surface area contributed by atoms with Crippen LogP contribution < -0.4 is 5.32 Å². The van der Waals surface area contributed by atoms with Gasteiger partial charge in [0.05, 0.1) is 0 Å². The molecule has 0 fully saturated rings. The smallest absolute Gasteiger partial charge is 0.0320 e. The monoisotopic (exact) mass is 361 g/mol. The predicted molar refractivity (Wildman–Crippen MR) is 82.3 cm³/mol. The van der Waals surface area contributed by atoms with E-state index in [-0.39, 0.29) is 0 Å². The summed E-state index contributed by atoms with van der Waals surface area (Å²) in [5.41, 5.74) is 1.34. The molecule has 0 aromatic heterocycles. The van der Waals surface area contributed by atoms with Gasteiger partial charge >= 0.3 is 0 Å². The van der Waals surface area contributed by atoms with Gasteiger partial charge in [0.1, 0.15) is 0 Å². The summed E-state index contributed by atoms with van der Waals surface area (Å²) in [5.74, 6) is 0.759. The van der Waals surface area contributed by atoms with Gasteiger partial charge < -0.3 is 5.32 Å². The molecule has 3 heteroatoms. The van der Waals surface area contributed by atoms with Gasteiger partial charge in [-0.2, -0.15) is 0 Å². The third-order valence-electron chi connectivity index (χ3n) is 3.06. The second-order valence-corrected chi connectivity index (χ2v) is 6.50. The lowest BCUT2D eigenvalue weighted by Gasteiger charge is -2.21. The molecule has 1 N–H and O–H groups in total. The minimum absolute atomic E-state index is 0.436. The fourth-order valence-electron chi connectivity index (χ4n) is 2.21. The maximum Gasteiger partial charge on any atom is 0.0320 e. The van der Waals surface area contributed by atoms with Crippen LogP contribution >= 0.6 is 31.9 Å². The van der Waals surface area contributed by atoms with E-state index in [9.17, 15) is 0 Å². The molecule has 2 atom stereocenters. The third kappa shape index (κ3) is 5.11. The first-order chi connectivity index (χ1) is 8.06. The Kier molecular flexibility index (Phi) is 6.75. The Balaban J connectivity index is 2.78. The molecule has 0 saturated heterocycles. The predicted octanol–water partition coefficient (Wildman–Crippen LogP) is 5.30. The Morgan fingerprint density at radius 3 is 2.24 bits per heavy atom. The van der Waals surface area contributed by atoms with Crippen LogP contribution in [0.1, 0.15) is 44.7 Å². The van der Waals surface area contributed by atoms with Crippen LogP contribution in [0.4, 0.5) is 0 Å². The molecule has 0 spiro atoms. The van der Waals surface area contributed by atoms with Crippen molar-refractivity contribution in [2.75, 3.05) is 7.05 Å². The van der Waals surface area contributed by atoms with E-state index in [0.717, 1.165) is 14.9 Å². The molecule has 0 amide bonds. The minimum atomic E-state index is 0.436. The van der Waals surface area contributed by atoms with Gasteiger partial charge in [-0.1, -0.05) is 58.5 Å². The van der Waals surface area contributed by atoms with Gasteiger partial charge in [-0.05, 0) is 43.1 Å². The quantitative estimate of drug-likeness (QED) is 0.724. The van der Waals surface area contributed by atoms with Crippen molar-refractivity contribution in [3.8, 4) is 0 Å². The van der Waals surface area contributed by atoms with Crippen molar-refractivity contribution in [2.24, 2.45) is 5.92 Å². The molecule has 1 aromatic rings. The van der Waals surface area contributed by atoms with Crippen LogP contribution in [0, 0.1) is 5.92 Å². The number of halogens is 2. The van der Waals surface area contributed by atoms with Crippen molar-refractivity contribution in [3.63, 3.8) is 0 Å². The maximum absolute atomic E-state index is 3.55. The topological polar surface area (TPSA) is 12.0 Å². The zero-order chi connectivity index (χ0) is 12.8. The lowest BCUT2D eigenvalue weighted by Crippen LogP contribution is -2.19. The SMILES string of the molecule is CCCC(C)CC(NC)c1cc(Br)cc(Br)c1. The highest BCUT2D eigenvalue weighted by molar-refractivity contribution is 9.11. The number of benzene rings is 1. The van der Waals surface area contributed by atoms with Crippen molar-refractivity contribution in [1.82, 2.24) is 5.32 Å². The van der Waals surface area contributed by atoms with Gasteiger partial charge in [0.25, 0.3) is 0 Å². The number of nitrogens with one attached hydrogen (secondary N) is 1. The molecule has 96 valence electrons. The average molecular weight is 363 g/mol. The maximum atomic E-state index is 3.55. The Morgan fingerprint density at radius 1 is 1.18 bits per heavy atom. The van der Waals surface area contributed by atoms with Crippen molar-refractivity contribution >= 4 is 31.9 Å². The Bertz CT molecular complexity index is 332. The highest BCUT2D eigenvalue weighted by Crippen LogP contribution is 2.28. The number of hydrogen-bond acceptors (Lipinski definition) is 1. The van der Waals surface area contributed by atoms with Gasteiger partial charge in [-0.25, -0.2) is 0 Å². The summed E-state index contributed by atoms with van der Waals surface area (Å²) in [7, 11) is 2.04. The molecule has 0 radical (unpaired) electrons. The fourth-order valence-corrected chi connectivity index (χ4v) is 3.54. The van der Waals surface area contributed by atoms with Crippen LogP contribution in [-0.2, 0) is 0 Å². The molecule has 0 aliphatic carbocycles. The normalized spacial score (nSPS) is 14.6. The first-order valence-electron chi connectivity index (χ1n) is 6.20. The molecule has 2 unspecified atom stereocenters. The van der Waals surface area contributed by atoms with E-state index < -0.39 is 0 Å². The first-order valence-corrected chi connectivity index (χ1v) is 7.78. The summed E-state index contributed by atoms with van der Waals surface area (Å²) in [5, 5.41) is 3.42. The molecule has 1 rings (SSSR count). The molecule has 0 bridgehead atoms. The number of rotatable bonds is 6. The van der Waals surface area contributed by atoms with Crippen LogP contribution in [-0.4, -0.2) is 7.05 Å². The van der Waals surface area contributed by atoms with E-state index in [2.05, 4.69) is 69.2 Å². The lowest BCUT2D eigenvalue weighted by atomic mass is 9.93. The first kappa shape index (κ1) is 15.2. The molecular weight excluding hydrogens is 342 g/mol. The highest BCUT2D eigenvalue weighted by atomic mass is 79.9. The molecular formula is C14H21Br2N. The van der Waals surface area contributed by atoms with E-state index >= 15 is 0 Å². The summed E-state index contributed by atoms with van der Waals surface area (Å²) in [6.45, 7) is 4.58. The third-order valence-corrected chi connectivity index (χ3v) is 3.97. The summed E-state index contributed by atoms with van der Waals surface area (Å²) in [6.07, 6.45) is 3.75. The zero-order valence-electron chi connectivity index (χ0n) is 10.8. The van der Waals surface area contributed by atoms with Crippen molar-refractivity contribution in [2.45, 2.75) is 39.2 Å². The van der Waals surface area contributed by atoms with E-state index in [4.69, 9.17) is 0 Å². The summed E-state index contributed by atoms with van der Waals surface area (Å²) in [4.78, 5) is 0. The molecule has 0 aliphatic rings. The largest absolute Gasteiger partial charge is 0.313 e. The van der Waals surface area contributed by atoms with Crippen molar-refractivity contribution < 1.29 is 0 Å². The van der Waals surface area contributed by atoms with Crippen LogP contribution in [0.25, 0.3) is 0 Å². The Morgan fingerprint density at radius 2 is 1.76 bits per heavy atom. The van der Waals surface area contributed by atoms with E-state index in [1.54, 1.807) is 0 Å². The minimum Gasteiger partial charge on any atom is -0.313 e. The molecule has 0 aliphatic heterocycles. The Hall–Kier alpha value is 0.140. The van der Waals surface area contributed by atoms with Gasteiger partial charge in [0.2, 0.25) is 0 Å². The van der Waals surface area contributed by atoms with Crippen LogP contribution in [0.15, 0.2) is 27.1 Å². The highest BCUT2D eigenvalue weighted by Gasteiger charge is 2.14. The zero-order valence-corrected chi connectivity index (χ0v) is 13.9. The second kappa shape index (κ2) is 7.55. The average Bonchev–Trinajstić information content (AvgIpc) is 2.24. The molecule has 1 aromatic carbocycles. The van der Waals surface area contributed by atoms with Gasteiger partial charge in [-0.3, -0.25) is 0 Å². The van der Waals surface area contributed by atoms with Crippen molar-refractivity contribution in [3.05, 3.63) is 32.7 Å². The van der Waals surface area contributed by atoms with Crippen LogP contribution in [0.2, 0.25) is 0 Å². The van der Waals surface area contributed by atoms with E-state index in [1.165, 1.54) is 24.8 Å². The van der Waals surface area contributed by atoms with Gasteiger partial charge in [0, 0.05) is 15.0 Å². The van der Waals surface area contributed by atoms with Crippen LogP contribution in [0.3, 0.4) is 0 Å². The second-order valence-electron chi connectivity index (χ2n) is 4.67. The molecule has 1 nitrogen and oxygen atoms in total. The molecule has 0 saturated carbocycles. The Labute approximate surface area is 122 Å². The molecule has 17 heavy (non-hydrogen) atoms. The fraction of sp³-hybridized carbons (Fsp3) is 0.571. The van der Waals surface area contributed by atoms with Crippen LogP contribution in [0.5, 0.6) is 0 Å². The van der Waals surface area contributed by atoms with E-state index in [0.29, 0.717) is 6.04 Å². The summed E-state index contributed by atoms with van der Waals surface area (Å²) in [6, 6.07) is 6.91. The summed E-state index contributed by atoms with van der Waals surface area (Å²) >= 11 is 7.10. The lowest BCUT2D eigenvalue weighted by molar-refractivity contribution is 0.407. The van der Waals surface area contributed by atoms with Crippen molar-refractivity contribution in [1.29, 1.82) is 0 Å². The summed E-state index contributed by atoms with van der Waals surface area (Å²) < 4.78 is 2.26. The van der Waals surface area contributed by atoms with Gasteiger partial charge in [-0.15, -0.1) is 0 Å². The standard InChI is InChI=1S/C14H21Br2N/c1-4-5-10(2)6-14(17-3)11-7-12(15)9-13(16)8-11/h7-10,14,17H,4-6H2,1-3H3.